The van der Waals surface area contributed by atoms with E-state index in [9.17, 15) is 4.79 Å². The summed E-state index contributed by atoms with van der Waals surface area (Å²) >= 11 is 0. The predicted octanol–water partition coefficient (Wildman–Crippen LogP) is 0.770. The van der Waals surface area contributed by atoms with Gasteiger partial charge in [0.2, 0.25) is 0 Å². The molecule has 0 aliphatic rings. The minimum atomic E-state index is -0.463. The molecular formula is C5H9O2Y-. The third kappa shape index (κ3) is 9.67. The fourth-order valence-electron chi connectivity index (χ4n) is 0.263. The molecule has 0 amide bonds. The van der Waals surface area contributed by atoms with Crippen molar-refractivity contribution in [2.45, 2.75) is 20.0 Å². The fourth-order valence-corrected chi connectivity index (χ4v) is 0.263. The largest absolute Gasteiger partial charge is 0.486 e. The molecule has 0 aliphatic heterocycles. The van der Waals surface area contributed by atoms with Crippen molar-refractivity contribution >= 4 is 5.97 Å². The Balaban J connectivity index is 0. The van der Waals surface area contributed by atoms with E-state index in [-0.39, 0.29) is 38.8 Å². The molecule has 0 saturated heterocycles. The van der Waals surface area contributed by atoms with Gasteiger partial charge in [-0.15, -0.1) is 0 Å². The van der Waals surface area contributed by atoms with Crippen molar-refractivity contribution in [3.63, 3.8) is 0 Å². The van der Waals surface area contributed by atoms with Crippen molar-refractivity contribution < 1.29 is 42.2 Å². The number of esters is 1. The molecule has 0 atom stereocenters. The Kier molecular flexibility index (Phi) is 7.86. The maximum atomic E-state index is 9.92. The zero-order valence-corrected chi connectivity index (χ0v) is 8.02. The Morgan fingerprint density at radius 1 is 1.62 bits per heavy atom. The van der Waals surface area contributed by atoms with Gasteiger partial charge in [-0.05, 0) is 13.8 Å². The van der Waals surface area contributed by atoms with Gasteiger partial charge < -0.3 is 4.74 Å². The second-order valence-corrected chi connectivity index (χ2v) is 1.54. The molecule has 45 valence electrons. The van der Waals surface area contributed by atoms with Crippen LogP contribution in [0.5, 0.6) is 0 Å². The first kappa shape index (κ1) is 11.3. The summed E-state index contributed by atoms with van der Waals surface area (Å²) in [5, 5.41) is 0. The van der Waals surface area contributed by atoms with Crippen molar-refractivity contribution in [1.29, 1.82) is 0 Å². The summed E-state index contributed by atoms with van der Waals surface area (Å²) in [6, 6.07) is 0. The molecule has 0 spiro atoms. The molecule has 0 aromatic rings. The standard InChI is InChI=1S/C5H9O2.Y/c1-4(2)7-5(3)6;/h4H,3H2,1-2H3;/q-1;. The van der Waals surface area contributed by atoms with Gasteiger partial charge >= 0.3 is 0 Å². The van der Waals surface area contributed by atoms with Crippen LogP contribution in [0.4, 0.5) is 0 Å². The molecule has 0 saturated carbocycles. The van der Waals surface area contributed by atoms with E-state index >= 15 is 0 Å². The summed E-state index contributed by atoms with van der Waals surface area (Å²) < 4.78 is 4.50. The summed E-state index contributed by atoms with van der Waals surface area (Å²) in [7, 11) is 0. The van der Waals surface area contributed by atoms with Gasteiger partial charge in [0, 0.05) is 32.7 Å². The summed E-state index contributed by atoms with van der Waals surface area (Å²) in [5.41, 5.74) is 0. The van der Waals surface area contributed by atoms with Crippen LogP contribution in [0.1, 0.15) is 13.8 Å². The average molecular weight is 190 g/mol. The summed E-state index contributed by atoms with van der Waals surface area (Å²) in [6.07, 6.45) is -0.0370. The molecule has 0 heterocycles. The number of hydrogen-bond acceptors (Lipinski definition) is 2. The van der Waals surface area contributed by atoms with E-state index in [1.54, 1.807) is 13.8 Å². The molecule has 0 bridgehead atoms. The van der Waals surface area contributed by atoms with E-state index in [1.807, 2.05) is 0 Å². The van der Waals surface area contributed by atoms with Crippen molar-refractivity contribution in [3.05, 3.63) is 6.92 Å². The molecule has 0 aromatic carbocycles. The fraction of sp³-hybridized carbons (Fsp3) is 0.600. The maximum absolute atomic E-state index is 9.92. The second kappa shape index (κ2) is 5.58. The molecular weight excluding hydrogens is 181 g/mol. The maximum Gasteiger partial charge on any atom is 0.164 e. The summed E-state index contributed by atoms with van der Waals surface area (Å²) in [5.74, 6) is -0.463. The molecule has 0 N–H and O–H groups in total. The number of carbonyl (C=O) groups excluding carboxylic acids is 1. The molecule has 0 rings (SSSR count). The van der Waals surface area contributed by atoms with Crippen LogP contribution in [0.2, 0.25) is 0 Å². The van der Waals surface area contributed by atoms with Gasteiger partial charge in [0.1, 0.15) is 0 Å². The first-order valence-corrected chi connectivity index (χ1v) is 2.15. The van der Waals surface area contributed by atoms with E-state index in [0.29, 0.717) is 0 Å². The normalized spacial score (nSPS) is 7.88. The van der Waals surface area contributed by atoms with Crippen LogP contribution in [0.3, 0.4) is 0 Å². The Morgan fingerprint density at radius 3 is 2.00 bits per heavy atom. The zero-order valence-electron chi connectivity index (χ0n) is 5.18. The summed E-state index contributed by atoms with van der Waals surface area (Å²) in [6.45, 7) is 6.58. The van der Waals surface area contributed by atoms with Gasteiger partial charge in [-0.1, -0.05) is 0 Å². The van der Waals surface area contributed by atoms with E-state index in [0.717, 1.165) is 0 Å². The van der Waals surface area contributed by atoms with Crippen LogP contribution in [-0.4, -0.2) is 12.1 Å². The molecule has 8 heavy (non-hydrogen) atoms. The Bertz CT molecular complexity index is 70.8. The van der Waals surface area contributed by atoms with E-state index in [4.69, 9.17) is 0 Å². The smallest absolute Gasteiger partial charge is 0.164 e. The van der Waals surface area contributed by atoms with Crippen LogP contribution < -0.4 is 0 Å². The van der Waals surface area contributed by atoms with Crippen LogP contribution >= 0.6 is 0 Å². The molecule has 0 unspecified atom stereocenters. The third-order valence-corrected chi connectivity index (χ3v) is 0.367. The van der Waals surface area contributed by atoms with Crippen molar-refractivity contribution in [2.24, 2.45) is 0 Å². The molecule has 3 heteroatoms. The van der Waals surface area contributed by atoms with Crippen molar-refractivity contribution in [2.75, 3.05) is 0 Å². The van der Waals surface area contributed by atoms with Gasteiger partial charge in [0.15, 0.2) is 5.97 Å². The number of hydrogen-bond donors (Lipinski definition) is 0. The van der Waals surface area contributed by atoms with Gasteiger partial charge in [-0.25, -0.2) is 0 Å². The zero-order chi connectivity index (χ0) is 5.86. The SMILES string of the molecule is [CH2-]C(=O)OC(C)C.[Y]. The number of carbonyl (C=O) groups is 1. The van der Waals surface area contributed by atoms with E-state index in [1.165, 1.54) is 0 Å². The predicted molar refractivity (Wildman–Crippen MR) is 26.6 cm³/mol. The van der Waals surface area contributed by atoms with Crippen LogP contribution in [0, 0.1) is 6.92 Å². The average Bonchev–Trinajstić information content (AvgIpc) is 1.27. The number of ether oxygens (including phenoxy) is 1. The minimum absolute atomic E-state index is 0. The van der Waals surface area contributed by atoms with Gasteiger partial charge in [-0.3, -0.25) is 11.7 Å². The van der Waals surface area contributed by atoms with E-state index < -0.39 is 5.97 Å². The van der Waals surface area contributed by atoms with Crippen LogP contribution in [0.15, 0.2) is 0 Å². The molecule has 1 radical (unpaired) electrons. The number of rotatable bonds is 1. The minimum Gasteiger partial charge on any atom is -0.486 e. The van der Waals surface area contributed by atoms with Crippen molar-refractivity contribution in [1.82, 2.24) is 0 Å². The topological polar surface area (TPSA) is 26.3 Å². The molecule has 0 fully saturated rings. The van der Waals surface area contributed by atoms with Gasteiger partial charge in [0.25, 0.3) is 0 Å². The monoisotopic (exact) mass is 190 g/mol. The Morgan fingerprint density at radius 2 is 2.00 bits per heavy atom. The quantitative estimate of drug-likeness (QED) is 0.451. The first-order chi connectivity index (χ1) is 3.13. The van der Waals surface area contributed by atoms with Gasteiger partial charge in [0.05, 0.1) is 6.10 Å². The molecule has 0 aromatic heterocycles. The summed E-state index contributed by atoms with van der Waals surface area (Å²) in [4.78, 5) is 9.92. The van der Waals surface area contributed by atoms with Crippen molar-refractivity contribution in [3.8, 4) is 0 Å². The van der Waals surface area contributed by atoms with Crippen LogP contribution in [0.25, 0.3) is 0 Å². The van der Waals surface area contributed by atoms with E-state index in [2.05, 4.69) is 11.7 Å². The molecule has 0 aliphatic carbocycles. The molecule has 2 nitrogen and oxygen atoms in total. The second-order valence-electron chi connectivity index (χ2n) is 1.54. The Hall–Kier alpha value is 0.444. The Labute approximate surface area is 74.9 Å². The van der Waals surface area contributed by atoms with Crippen LogP contribution in [-0.2, 0) is 42.2 Å². The first-order valence-electron chi connectivity index (χ1n) is 2.15. The third-order valence-electron chi connectivity index (χ3n) is 0.367. The van der Waals surface area contributed by atoms with Gasteiger partial charge in [-0.2, -0.15) is 0 Å².